The van der Waals surface area contributed by atoms with Gasteiger partial charge in [-0.05, 0) is 45.4 Å². The lowest BCUT2D eigenvalue weighted by molar-refractivity contribution is 0.264. The molecule has 4 heteroatoms. The van der Waals surface area contributed by atoms with Crippen molar-refractivity contribution in [3.8, 4) is 0 Å². The van der Waals surface area contributed by atoms with Crippen molar-refractivity contribution in [1.82, 2.24) is 0 Å². The molecule has 0 saturated heterocycles. The Kier molecular flexibility index (Phi) is 4.79. The van der Waals surface area contributed by atoms with Crippen LogP contribution in [0.2, 0.25) is 0 Å². The molecule has 1 aromatic heterocycles. The van der Waals surface area contributed by atoms with E-state index in [2.05, 4.69) is 49.4 Å². The number of aliphatic hydroxyl groups is 1. The predicted octanol–water partition coefficient (Wildman–Crippen LogP) is 4.59. The van der Waals surface area contributed by atoms with E-state index in [1.807, 2.05) is 18.2 Å². The third kappa shape index (κ3) is 3.19. The van der Waals surface area contributed by atoms with Gasteiger partial charge in [-0.1, -0.05) is 34.1 Å². The minimum Gasteiger partial charge on any atom is -0.396 e. The Morgan fingerprint density at radius 3 is 2.47 bits per heavy atom. The molecule has 0 bridgehead atoms. The molecule has 2 aromatic rings. The summed E-state index contributed by atoms with van der Waals surface area (Å²) in [4.78, 5) is 1.28. The highest BCUT2D eigenvalue weighted by molar-refractivity contribution is 9.10. The summed E-state index contributed by atoms with van der Waals surface area (Å²) in [6.07, 6.45) is 0.858. The quantitative estimate of drug-likeness (QED) is 0.828. The highest BCUT2D eigenvalue weighted by Crippen LogP contribution is 2.32. The number of rotatable bonds is 4. The molecule has 1 unspecified atom stereocenters. The van der Waals surface area contributed by atoms with Crippen LogP contribution in [0.1, 0.15) is 16.4 Å². The number of hydrogen-bond donors (Lipinski definition) is 1. The third-order valence-corrected chi connectivity index (χ3v) is 5.36. The van der Waals surface area contributed by atoms with Crippen LogP contribution in [0.4, 0.5) is 0 Å². The van der Waals surface area contributed by atoms with E-state index in [0.717, 1.165) is 20.9 Å². The summed E-state index contributed by atoms with van der Waals surface area (Å²) in [6, 6.07) is 10.1. The summed E-state index contributed by atoms with van der Waals surface area (Å²) in [7, 11) is 0. The fourth-order valence-electron chi connectivity index (χ4n) is 1.77. The SMILES string of the molecule is OCC(Cc1sccc1Br)c1ccccc1Br. The van der Waals surface area contributed by atoms with Crippen LogP contribution >= 0.6 is 43.2 Å². The maximum absolute atomic E-state index is 9.56. The Morgan fingerprint density at radius 1 is 1.12 bits per heavy atom. The van der Waals surface area contributed by atoms with E-state index in [-0.39, 0.29) is 12.5 Å². The van der Waals surface area contributed by atoms with Crippen molar-refractivity contribution in [3.05, 3.63) is 55.1 Å². The van der Waals surface area contributed by atoms with Crippen molar-refractivity contribution >= 4 is 43.2 Å². The molecule has 0 radical (unpaired) electrons. The van der Waals surface area contributed by atoms with Crippen molar-refractivity contribution in [2.75, 3.05) is 6.61 Å². The first-order valence-electron chi connectivity index (χ1n) is 5.29. The van der Waals surface area contributed by atoms with Gasteiger partial charge in [0.25, 0.3) is 0 Å². The van der Waals surface area contributed by atoms with Crippen LogP contribution in [0.3, 0.4) is 0 Å². The van der Waals surface area contributed by atoms with Gasteiger partial charge >= 0.3 is 0 Å². The van der Waals surface area contributed by atoms with E-state index in [0.29, 0.717) is 0 Å². The largest absolute Gasteiger partial charge is 0.396 e. The maximum Gasteiger partial charge on any atom is 0.0503 e. The standard InChI is InChI=1S/C13H12Br2OS/c14-11-4-2-1-3-10(11)9(8-16)7-13-12(15)5-6-17-13/h1-6,9,16H,7-8H2. The zero-order chi connectivity index (χ0) is 12.3. The molecule has 1 heterocycles. The molecule has 0 saturated carbocycles. The molecule has 0 fully saturated rings. The van der Waals surface area contributed by atoms with Crippen molar-refractivity contribution in [1.29, 1.82) is 0 Å². The lowest BCUT2D eigenvalue weighted by Gasteiger charge is -2.15. The lowest BCUT2D eigenvalue weighted by atomic mass is 9.96. The fourth-order valence-corrected chi connectivity index (χ4v) is 3.98. The molecule has 0 spiro atoms. The number of halogens is 2. The fraction of sp³-hybridized carbons (Fsp3) is 0.231. The lowest BCUT2D eigenvalue weighted by Crippen LogP contribution is -2.07. The van der Waals surface area contributed by atoms with Crippen molar-refractivity contribution < 1.29 is 5.11 Å². The summed E-state index contributed by atoms with van der Waals surface area (Å²) in [6.45, 7) is 0.160. The number of thiophene rings is 1. The van der Waals surface area contributed by atoms with Crippen LogP contribution in [-0.4, -0.2) is 11.7 Å². The third-order valence-electron chi connectivity index (χ3n) is 2.69. The van der Waals surface area contributed by atoms with Gasteiger partial charge in [0.05, 0.1) is 6.61 Å². The minimum absolute atomic E-state index is 0.139. The van der Waals surface area contributed by atoms with Gasteiger partial charge in [0.2, 0.25) is 0 Å². The first-order valence-corrected chi connectivity index (χ1v) is 7.76. The molecule has 0 aliphatic rings. The summed E-state index contributed by atoms with van der Waals surface area (Å²) < 4.78 is 2.19. The molecule has 1 aromatic carbocycles. The van der Waals surface area contributed by atoms with Gasteiger partial charge in [-0.25, -0.2) is 0 Å². The monoisotopic (exact) mass is 374 g/mol. The molecule has 2 rings (SSSR count). The zero-order valence-electron chi connectivity index (χ0n) is 9.07. The minimum atomic E-state index is 0.139. The molecule has 1 atom stereocenters. The second kappa shape index (κ2) is 6.14. The van der Waals surface area contributed by atoms with E-state index in [1.54, 1.807) is 11.3 Å². The van der Waals surface area contributed by atoms with E-state index in [9.17, 15) is 5.11 Å². The molecule has 1 N–H and O–H groups in total. The van der Waals surface area contributed by atoms with Gasteiger partial charge in [0.15, 0.2) is 0 Å². The van der Waals surface area contributed by atoms with Crippen molar-refractivity contribution in [2.45, 2.75) is 12.3 Å². The number of benzene rings is 1. The Hall–Kier alpha value is -0.160. The van der Waals surface area contributed by atoms with E-state index >= 15 is 0 Å². The number of aliphatic hydroxyl groups excluding tert-OH is 1. The molecule has 0 aliphatic carbocycles. The smallest absolute Gasteiger partial charge is 0.0503 e. The summed E-state index contributed by atoms with van der Waals surface area (Å²) in [5, 5.41) is 11.6. The van der Waals surface area contributed by atoms with Gasteiger partial charge in [-0.15, -0.1) is 11.3 Å². The maximum atomic E-state index is 9.56. The number of hydrogen-bond acceptors (Lipinski definition) is 2. The van der Waals surface area contributed by atoms with E-state index in [1.165, 1.54) is 4.88 Å². The first-order chi connectivity index (χ1) is 8.22. The summed E-state index contributed by atoms with van der Waals surface area (Å²) in [5.74, 6) is 0.139. The topological polar surface area (TPSA) is 20.2 Å². The average Bonchev–Trinajstić information content (AvgIpc) is 2.73. The molecular weight excluding hydrogens is 364 g/mol. The Balaban J connectivity index is 2.23. The van der Waals surface area contributed by atoms with Crippen LogP contribution in [0.5, 0.6) is 0 Å². The summed E-state index contributed by atoms with van der Waals surface area (Å²) in [5.41, 5.74) is 1.16. The molecule has 0 amide bonds. The van der Waals surface area contributed by atoms with Gasteiger partial charge in [0, 0.05) is 19.7 Å². The van der Waals surface area contributed by atoms with Crippen molar-refractivity contribution in [3.63, 3.8) is 0 Å². The van der Waals surface area contributed by atoms with Crippen molar-refractivity contribution in [2.24, 2.45) is 0 Å². The summed E-state index contributed by atoms with van der Waals surface area (Å²) >= 11 is 8.79. The normalized spacial score (nSPS) is 12.6. The van der Waals surface area contributed by atoms with Crippen LogP contribution < -0.4 is 0 Å². The second-order valence-corrected chi connectivity index (χ2v) is 6.51. The molecule has 1 nitrogen and oxygen atoms in total. The zero-order valence-corrected chi connectivity index (χ0v) is 13.1. The highest BCUT2D eigenvalue weighted by Gasteiger charge is 2.16. The van der Waals surface area contributed by atoms with Gasteiger partial charge in [0.1, 0.15) is 0 Å². The molecular formula is C13H12Br2OS. The molecule has 0 aliphatic heterocycles. The highest BCUT2D eigenvalue weighted by atomic mass is 79.9. The average molecular weight is 376 g/mol. The van der Waals surface area contributed by atoms with Gasteiger partial charge < -0.3 is 5.11 Å². The van der Waals surface area contributed by atoms with Gasteiger partial charge in [-0.2, -0.15) is 0 Å². The van der Waals surface area contributed by atoms with Crippen LogP contribution in [0, 0.1) is 0 Å². The van der Waals surface area contributed by atoms with Crippen LogP contribution in [0.15, 0.2) is 44.7 Å². The van der Waals surface area contributed by atoms with Gasteiger partial charge in [-0.3, -0.25) is 0 Å². The molecule has 90 valence electrons. The Bertz CT molecular complexity index is 496. The first kappa shape index (κ1) is 13.3. The van der Waals surface area contributed by atoms with Crippen LogP contribution in [-0.2, 0) is 6.42 Å². The van der Waals surface area contributed by atoms with E-state index in [4.69, 9.17) is 0 Å². The van der Waals surface area contributed by atoms with Crippen LogP contribution in [0.25, 0.3) is 0 Å². The molecule has 17 heavy (non-hydrogen) atoms. The predicted molar refractivity (Wildman–Crippen MR) is 79.7 cm³/mol. The second-order valence-electron chi connectivity index (χ2n) is 3.80. The Labute approximate surface area is 122 Å². The van der Waals surface area contributed by atoms with E-state index < -0.39 is 0 Å². The Morgan fingerprint density at radius 2 is 1.88 bits per heavy atom.